The first-order valence-corrected chi connectivity index (χ1v) is 9.59. The predicted molar refractivity (Wildman–Crippen MR) is 112 cm³/mol. The zero-order valence-corrected chi connectivity index (χ0v) is 17.3. The van der Waals surface area contributed by atoms with E-state index < -0.39 is 10.8 Å². The van der Waals surface area contributed by atoms with Crippen LogP contribution >= 0.6 is 11.6 Å². The van der Waals surface area contributed by atoms with Crippen LogP contribution in [0.25, 0.3) is 0 Å². The second kappa shape index (κ2) is 11.0. The monoisotopic (exact) mass is 435 g/mol. The van der Waals surface area contributed by atoms with Crippen LogP contribution in [0.1, 0.15) is 13.8 Å². The molecule has 2 aromatic carbocycles. The zero-order valence-electron chi connectivity index (χ0n) is 16.6. The Balaban J connectivity index is 1.89. The SMILES string of the molecule is CCN(CC)C(=O)COc1ccc(NC(=O)COc2cccc([N+](=O)[O-])c2)cc1Cl. The average Bonchev–Trinajstić information content (AvgIpc) is 2.72. The van der Waals surface area contributed by atoms with E-state index in [0.29, 0.717) is 24.5 Å². The van der Waals surface area contributed by atoms with Crippen molar-refractivity contribution < 1.29 is 24.0 Å². The molecular weight excluding hydrogens is 414 g/mol. The predicted octanol–water partition coefficient (Wildman–Crippen LogP) is 3.51. The molecule has 0 saturated heterocycles. The van der Waals surface area contributed by atoms with Gasteiger partial charge in [0.1, 0.15) is 11.5 Å². The number of benzene rings is 2. The molecule has 30 heavy (non-hydrogen) atoms. The van der Waals surface area contributed by atoms with E-state index in [1.165, 1.54) is 30.3 Å². The standard InChI is InChI=1S/C20H22ClN3O6/c1-3-23(4-2)20(26)13-30-18-9-8-14(10-17(18)21)22-19(25)12-29-16-7-5-6-15(11-16)24(27)28/h5-11H,3-4,12-13H2,1-2H3,(H,22,25). The summed E-state index contributed by atoms with van der Waals surface area (Å²) in [6, 6.07) is 10.2. The molecule has 0 aromatic heterocycles. The highest BCUT2D eigenvalue weighted by Crippen LogP contribution is 2.28. The van der Waals surface area contributed by atoms with Gasteiger partial charge in [0.05, 0.1) is 16.0 Å². The molecule has 160 valence electrons. The molecule has 0 saturated carbocycles. The Hall–Kier alpha value is -3.33. The normalized spacial score (nSPS) is 10.2. The van der Waals surface area contributed by atoms with E-state index in [0.717, 1.165) is 0 Å². The lowest BCUT2D eigenvalue weighted by atomic mass is 10.3. The number of amides is 2. The summed E-state index contributed by atoms with van der Waals surface area (Å²) in [5.41, 5.74) is 0.282. The number of hydrogen-bond donors (Lipinski definition) is 1. The molecule has 0 bridgehead atoms. The smallest absolute Gasteiger partial charge is 0.273 e. The fourth-order valence-electron chi connectivity index (χ4n) is 2.54. The van der Waals surface area contributed by atoms with Gasteiger partial charge in [0.2, 0.25) is 0 Å². The van der Waals surface area contributed by atoms with Gasteiger partial charge in [-0.2, -0.15) is 0 Å². The van der Waals surface area contributed by atoms with Gasteiger partial charge < -0.3 is 19.7 Å². The molecule has 2 amide bonds. The third kappa shape index (κ3) is 6.63. The maximum absolute atomic E-state index is 12.1. The number of ether oxygens (including phenoxy) is 2. The Morgan fingerprint density at radius 2 is 1.83 bits per heavy atom. The van der Waals surface area contributed by atoms with Crippen molar-refractivity contribution in [1.82, 2.24) is 4.90 Å². The van der Waals surface area contributed by atoms with Crippen molar-refractivity contribution in [3.05, 3.63) is 57.6 Å². The fraction of sp³-hybridized carbons (Fsp3) is 0.300. The van der Waals surface area contributed by atoms with Gasteiger partial charge in [-0.25, -0.2) is 0 Å². The van der Waals surface area contributed by atoms with Gasteiger partial charge in [0.15, 0.2) is 13.2 Å². The Bertz CT molecular complexity index is 917. The molecule has 0 aliphatic carbocycles. The summed E-state index contributed by atoms with van der Waals surface area (Å²) in [5.74, 6) is -0.0864. The van der Waals surface area contributed by atoms with Gasteiger partial charge in [-0.1, -0.05) is 17.7 Å². The van der Waals surface area contributed by atoms with Crippen LogP contribution < -0.4 is 14.8 Å². The summed E-state index contributed by atoms with van der Waals surface area (Å²) in [6.45, 7) is 4.48. The number of anilines is 1. The Morgan fingerprint density at radius 3 is 2.47 bits per heavy atom. The zero-order chi connectivity index (χ0) is 22.1. The van der Waals surface area contributed by atoms with Gasteiger partial charge in [0, 0.05) is 24.8 Å². The molecule has 0 unspecified atom stereocenters. The molecule has 0 atom stereocenters. The van der Waals surface area contributed by atoms with E-state index in [-0.39, 0.29) is 35.6 Å². The number of carbonyl (C=O) groups excluding carboxylic acids is 2. The molecule has 0 aliphatic rings. The van der Waals surface area contributed by atoms with Gasteiger partial charge in [-0.15, -0.1) is 0 Å². The van der Waals surface area contributed by atoms with Crippen LogP contribution in [0.2, 0.25) is 5.02 Å². The van der Waals surface area contributed by atoms with Crippen molar-refractivity contribution in [2.45, 2.75) is 13.8 Å². The second-order valence-corrected chi connectivity index (χ2v) is 6.50. The number of nitrogens with one attached hydrogen (secondary N) is 1. The lowest BCUT2D eigenvalue weighted by molar-refractivity contribution is -0.384. The Labute approximate surface area is 178 Å². The van der Waals surface area contributed by atoms with Crippen molar-refractivity contribution in [2.24, 2.45) is 0 Å². The quantitative estimate of drug-likeness (QED) is 0.451. The van der Waals surface area contributed by atoms with E-state index in [2.05, 4.69) is 5.32 Å². The number of nitro groups is 1. The minimum atomic E-state index is -0.547. The molecule has 0 heterocycles. The highest BCUT2D eigenvalue weighted by Gasteiger charge is 2.13. The summed E-state index contributed by atoms with van der Waals surface area (Å²) >= 11 is 6.17. The number of non-ortho nitro benzene ring substituents is 1. The van der Waals surface area contributed by atoms with E-state index in [9.17, 15) is 19.7 Å². The number of likely N-dealkylation sites (N-methyl/N-ethyl adjacent to an activating group) is 1. The van der Waals surface area contributed by atoms with Crippen LogP contribution in [0.4, 0.5) is 11.4 Å². The summed E-state index contributed by atoms with van der Waals surface area (Å²) in [5, 5.41) is 13.6. The summed E-state index contributed by atoms with van der Waals surface area (Å²) < 4.78 is 10.7. The molecule has 0 aliphatic heterocycles. The number of nitro benzene ring substituents is 1. The largest absolute Gasteiger partial charge is 0.484 e. The highest BCUT2D eigenvalue weighted by molar-refractivity contribution is 6.32. The lowest BCUT2D eigenvalue weighted by Crippen LogP contribution is -2.34. The first-order valence-electron chi connectivity index (χ1n) is 9.21. The molecule has 1 N–H and O–H groups in total. The van der Waals surface area contributed by atoms with Gasteiger partial charge in [-0.05, 0) is 38.1 Å². The maximum Gasteiger partial charge on any atom is 0.273 e. The third-order valence-electron chi connectivity index (χ3n) is 4.08. The van der Waals surface area contributed by atoms with Crippen LogP contribution in [-0.4, -0.2) is 47.9 Å². The first kappa shape index (κ1) is 23.0. The topological polar surface area (TPSA) is 111 Å². The van der Waals surface area contributed by atoms with E-state index in [1.807, 2.05) is 13.8 Å². The van der Waals surface area contributed by atoms with E-state index >= 15 is 0 Å². The molecule has 9 nitrogen and oxygen atoms in total. The fourth-order valence-corrected chi connectivity index (χ4v) is 2.77. The Kier molecular flexibility index (Phi) is 8.42. The maximum atomic E-state index is 12.1. The van der Waals surface area contributed by atoms with Gasteiger partial charge in [0.25, 0.3) is 17.5 Å². The highest BCUT2D eigenvalue weighted by atomic mass is 35.5. The molecule has 2 rings (SSSR count). The van der Waals surface area contributed by atoms with Crippen LogP contribution in [-0.2, 0) is 9.59 Å². The van der Waals surface area contributed by atoms with Gasteiger partial charge >= 0.3 is 0 Å². The van der Waals surface area contributed by atoms with Crippen molar-refractivity contribution >= 4 is 34.8 Å². The molecule has 2 aromatic rings. The number of hydrogen-bond acceptors (Lipinski definition) is 6. The van der Waals surface area contributed by atoms with Crippen LogP contribution in [0, 0.1) is 10.1 Å². The second-order valence-electron chi connectivity index (χ2n) is 6.09. The van der Waals surface area contributed by atoms with Crippen LogP contribution in [0.15, 0.2) is 42.5 Å². The minimum Gasteiger partial charge on any atom is -0.484 e. The summed E-state index contributed by atoms with van der Waals surface area (Å²) in [4.78, 5) is 35.9. The van der Waals surface area contributed by atoms with Crippen LogP contribution in [0.5, 0.6) is 11.5 Å². The molecule has 0 spiro atoms. The number of carbonyl (C=O) groups is 2. The number of rotatable bonds is 10. The van der Waals surface area contributed by atoms with Crippen molar-refractivity contribution in [2.75, 3.05) is 31.6 Å². The van der Waals surface area contributed by atoms with Crippen molar-refractivity contribution in [3.63, 3.8) is 0 Å². The van der Waals surface area contributed by atoms with Crippen molar-refractivity contribution in [1.29, 1.82) is 0 Å². The Morgan fingerprint density at radius 1 is 1.10 bits per heavy atom. The summed E-state index contributed by atoms with van der Waals surface area (Å²) in [6.07, 6.45) is 0. The van der Waals surface area contributed by atoms with Gasteiger partial charge in [-0.3, -0.25) is 19.7 Å². The molecule has 0 radical (unpaired) electrons. The average molecular weight is 436 g/mol. The minimum absolute atomic E-state index is 0.130. The third-order valence-corrected chi connectivity index (χ3v) is 4.38. The molecule has 10 heteroatoms. The first-order chi connectivity index (χ1) is 14.3. The molecular formula is C20H22ClN3O6. The summed E-state index contributed by atoms with van der Waals surface area (Å²) in [7, 11) is 0. The molecule has 0 fully saturated rings. The number of halogens is 1. The van der Waals surface area contributed by atoms with Crippen molar-refractivity contribution in [3.8, 4) is 11.5 Å². The van der Waals surface area contributed by atoms with Crippen LogP contribution in [0.3, 0.4) is 0 Å². The van der Waals surface area contributed by atoms with E-state index in [4.69, 9.17) is 21.1 Å². The lowest BCUT2D eigenvalue weighted by Gasteiger charge is -2.19. The van der Waals surface area contributed by atoms with E-state index in [1.54, 1.807) is 17.0 Å². The number of nitrogens with zero attached hydrogens (tertiary/aromatic N) is 2.